The van der Waals surface area contributed by atoms with Crippen LogP contribution in [-0.2, 0) is 5.41 Å². The van der Waals surface area contributed by atoms with Gasteiger partial charge in [-0.15, -0.1) is 11.3 Å². The number of fused-ring (bicyclic) bond motifs is 1. The predicted octanol–water partition coefficient (Wildman–Crippen LogP) is 4.96. The highest BCUT2D eigenvalue weighted by Crippen LogP contribution is 2.38. The molecule has 0 nitrogen and oxygen atoms in total. The fraction of sp³-hybridized carbons (Fsp3) is 0.333. The molecular formula is C12H13BrS. The topological polar surface area (TPSA) is 0 Å². The lowest BCUT2D eigenvalue weighted by atomic mass is 9.87. The maximum Gasteiger partial charge on any atom is 0.0357 e. The summed E-state index contributed by atoms with van der Waals surface area (Å²) in [6, 6.07) is 6.39. The summed E-state index contributed by atoms with van der Waals surface area (Å²) in [4.78, 5) is 0. The lowest BCUT2D eigenvalue weighted by Gasteiger charge is -2.18. The van der Waals surface area contributed by atoms with Gasteiger partial charge in [-0.2, -0.15) is 0 Å². The first-order chi connectivity index (χ1) is 6.50. The molecule has 2 aromatic rings. The molecule has 1 aromatic heterocycles. The molecule has 0 saturated heterocycles. The molecule has 0 aliphatic carbocycles. The van der Waals surface area contributed by atoms with E-state index < -0.39 is 0 Å². The summed E-state index contributed by atoms with van der Waals surface area (Å²) in [6.45, 7) is 6.77. The quantitative estimate of drug-likeness (QED) is 0.634. The Bertz CT molecular complexity index is 463. The van der Waals surface area contributed by atoms with Gasteiger partial charge in [0.1, 0.15) is 0 Å². The van der Waals surface area contributed by atoms with Crippen LogP contribution in [0.4, 0.5) is 0 Å². The normalized spacial score (nSPS) is 12.3. The average Bonchev–Trinajstić information content (AvgIpc) is 2.47. The smallest absolute Gasteiger partial charge is 0.0357 e. The molecule has 0 aliphatic heterocycles. The van der Waals surface area contributed by atoms with Crippen LogP contribution < -0.4 is 0 Å². The highest BCUT2D eigenvalue weighted by Gasteiger charge is 2.19. The van der Waals surface area contributed by atoms with Gasteiger partial charge in [-0.25, -0.2) is 0 Å². The SMILES string of the molecule is CC(C)(C)c1csc2cccc(Br)c12. The van der Waals surface area contributed by atoms with Crippen LogP contribution in [0.3, 0.4) is 0 Å². The van der Waals surface area contributed by atoms with Crippen LogP contribution in [0.2, 0.25) is 0 Å². The highest BCUT2D eigenvalue weighted by atomic mass is 79.9. The standard InChI is InChI=1S/C12H13BrS/c1-12(2,3)8-7-14-10-6-4-5-9(13)11(8)10/h4-7H,1-3H3. The molecular weight excluding hydrogens is 256 g/mol. The van der Waals surface area contributed by atoms with Crippen molar-refractivity contribution in [3.8, 4) is 0 Å². The summed E-state index contributed by atoms with van der Waals surface area (Å²) in [7, 11) is 0. The summed E-state index contributed by atoms with van der Waals surface area (Å²) in [6.07, 6.45) is 0. The maximum absolute atomic E-state index is 3.63. The van der Waals surface area contributed by atoms with Gasteiger partial charge in [0.05, 0.1) is 0 Å². The minimum Gasteiger partial charge on any atom is -0.143 e. The van der Waals surface area contributed by atoms with Gasteiger partial charge in [0, 0.05) is 14.6 Å². The zero-order valence-electron chi connectivity index (χ0n) is 8.60. The molecule has 0 unspecified atom stereocenters. The second-order valence-corrected chi connectivity index (χ2v) is 6.28. The van der Waals surface area contributed by atoms with E-state index in [0.29, 0.717) is 0 Å². The zero-order valence-corrected chi connectivity index (χ0v) is 11.0. The number of rotatable bonds is 0. The van der Waals surface area contributed by atoms with Crippen LogP contribution >= 0.6 is 27.3 Å². The Kier molecular flexibility index (Phi) is 2.44. The molecule has 2 heteroatoms. The first-order valence-corrected chi connectivity index (χ1v) is 6.33. The van der Waals surface area contributed by atoms with E-state index in [0.717, 1.165) is 0 Å². The van der Waals surface area contributed by atoms with E-state index in [9.17, 15) is 0 Å². The Morgan fingerprint density at radius 3 is 2.57 bits per heavy atom. The van der Waals surface area contributed by atoms with Gasteiger partial charge in [0.15, 0.2) is 0 Å². The summed E-state index contributed by atoms with van der Waals surface area (Å²) in [5.41, 5.74) is 1.66. The monoisotopic (exact) mass is 268 g/mol. The summed E-state index contributed by atoms with van der Waals surface area (Å²) < 4.78 is 2.57. The first-order valence-electron chi connectivity index (χ1n) is 4.66. The van der Waals surface area contributed by atoms with Crippen LogP contribution in [0, 0.1) is 0 Å². The molecule has 2 rings (SSSR count). The Morgan fingerprint density at radius 1 is 1.21 bits per heavy atom. The van der Waals surface area contributed by atoms with Crippen molar-refractivity contribution in [3.05, 3.63) is 33.6 Å². The van der Waals surface area contributed by atoms with Gasteiger partial charge < -0.3 is 0 Å². The molecule has 0 spiro atoms. The Morgan fingerprint density at radius 2 is 1.93 bits per heavy atom. The molecule has 0 saturated carbocycles. The van der Waals surface area contributed by atoms with Crippen LogP contribution in [0.15, 0.2) is 28.1 Å². The van der Waals surface area contributed by atoms with Gasteiger partial charge >= 0.3 is 0 Å². The highest BCUT2D eigenvalue weighted by molar-refractivity contribution is 9.10. The van der Waals surface area contributed by atoms with E-state index in [4.69, 9.17) is 0 Å². The summed E-state index contributed by atoms with van der Waals surface area (Å²) in [5, 5.41) is 3.65. The predicted molar refractivity (Wildman–Crippen MR) is 68.2 cm³/mol. The molecule has 0 radical (unpaired) electrons. The van der Waals surface area contributed by atoms with Crippen LogP contribution in [-0.4, -0.2) is 0 Å². The first kappa shape index (κ1) is 10.2. The number of halogens is 1. The van der Waals surface area contributed by atoms with E-state index in [1.165, 1.54) is 20.1 Å². The fourth-order valence-electron chi connectivity index (χ4n) is 1.60. The van der Waals surface area contributed by atoms with Crippen molar-refractivity contribution in [1.82, 2.24) is 0 Å². The number of thiophene rings is 1. The molecule has 0 atom stereocenters. The van der Waals surface area contributed by atoms with Crippen LogP contribution in [0.5, 0.6) is 0 Å². The van der Waals surface area contributed by atoms with Crippen molar-refractivity contribution in [2.24, 2.45) is 0 Å². The Hall–Kier alpha value is -0.340. The van der Waals surface area contributed by atoms with Crippen molar-refractivity contribution in [3.63, 3.8) is 0 Å². The molecule has 0 aliphatic rings. The van der Waals surface area contributed by atoms with E-state index in [-0.39, 0.29) is 5.41 Å². The summed E-state index contributed by atoms with van der Waals surface area (Å²) >= 11 is 5.45. The minimum absolute atomic E-state index is 0.224. The van der Waals surface area contributed by atoms with E-state index in [2.05, 4.69) is 60.3 Å². The largest absolute Gasteiger partial charge is 0.143 e. The zero-order chi connectivity index (χ0) is 10.3. The Labute approximate surface area is 97.1 Å². The lowest BCUT2D eigenvalue weighted by molar-refractivity contribution is 0.597. The second kappa shape index (κ2) is 3.35. The third-order valence-corrected chi connectivity index (χ3v) is 3.97. The van der Waals surface area contributed by atoms with Gasteiger partial charge in [-0.3, -0.25) is 0 Å². The average molecular weight is 269 g/mol. The lowest BCUT2D eigenvalue weighted by Crippen LogP contribution is -2.09. The van der Waals surface area contributed by atoms with E-state index in [1.807, 2.05) is 11.3 Å². The fourth-order valence-corrected chi connectivity index (χ4v) is 3.52. The van der Waals surface area contributed by atoms with Crippen molar-refractivity contribution < 1.29 is 0 Å². The van der Waals surface area contributed by atoms with Gasteiger partial charge in [0.2, 0.25) is 0 Å². The van der Waals surface area contributed by atoms with Crippen LogP contribution in [0.1, 0.15) is 26.3 Å². The van der Waals surface area contributed by atoms with Crippen molar-refractivity contribution in [1.29, 1.82) is 0 Å². The van der Waals surface area contributed by atoms with Gasteiger partial charge in [-0.05, 0) is 28.5 Å². The molecule has 0 bridgehead atoms. The number of benzene rings is 1. The van der Waals surface area contributed by atoms with Crippen molar-refractivity contribution in [2.75, 3.05) is 0 Å². The minimum atomic E-state index is 0.224. The van der Waals surface area contributed by atoms with E-state index >= 15 is 0 Å². The maximum atomic E-state index is 3.63. The Balaban J connectivity index is 2.80. The summed E-state index contributed by atoms with van der Waals surface area (Å²) in [5.74, 6) is 0. The van der Waals surface area contributed by atoms with E-state index in [1.54, 1.807) is 0 Å². The number of hydrogen-bond donors (Lipinski definition) is 0. The molecule has 0 fully saturated rings. The molecule has 14 heavy (non-hydrogen) atoms. The van der Waals surface area contributed by atoms with Gasteiger partial charge in [-0.1, -0.05) is 42.8 Å². The molecule has 74 valence electrons. The van der Waals surface area contributed by atoms with Crippen LogP contribution in [0.25, 0.3) is 10.1 Å². The third-order valence-electron chi connectivity index (χ3n) is 2.36. The molecule has 0 amide bonds. The second-order valence-electron chi connectivity index (χ2n) is 4.51. The van der Waals surface area contributed by atoms with Gasteiger partial charge in [0.25, 0.3) is 0 Å². The van der Waals surface area contributed by atoms with Crippen molar-refractivity contribution >= 4 is 37.4 Å². The molecule has 1 heterocycles. The van der Waals surface area contributed by atoms with Crippen molar-refractivity contribution in [2.45, 2.75) is 26.2 Å². The number of hydrogen-bond acceptors (Lipinski definition) is 1. The molecule has 1 aromatic carbocycles. The third kappa shape index (κ3) is 1.61. The molecule has 0 N–H and O–H groups in total.